The van der Waals surface area contributed by atoms with Gasteiger partial charge in [0.1, 0.15) is 6.61 Å². The Balaban J connectivity index is 2.03. The lowest BCUT2D eigenvalue weighted by Crippen LogP contribution is -2.16. The molecule has 1 N–H and O–H groups in total. The van der Waals surface area contributed by atoms with Crippen LogP contribution < -0.4 is 14.8 Å². The summed E-state index contributed by atoms with van der Waals surface area (Å²) < 4.78 is 17.4. The first-order chi connectivity index (χ1) is 11.8. The average molecular weight is 394 g/mol. The normalized spacial score (nSPS) is 10.6. The van der Waals surface area contributed by atoms with E-state index in [0.29, 0.717) is 6.61 Å². The Morgan fingerprint density at radius 1 is 1.04 bits per heavy atom. The smallest absolute Gasteiger partial charge is 0.176 e. The van der Waals surface area contributed by atoms with Crippen molar-refractivity contribution in [1.82, 2.24) is 5.32 Å². The molecule has 0 bridgehead atoms. The molecule has 130 valence electrons. The lowest BCUT2D eigenvalue weighted by molar-refractivity contribution is 0.194. The topological polar surface area (TPSA) is 39.7 Å². The van der Waals surface area contributed by atoms with Crippen molar-refractivity contribution < 1.29 is 14.2 Å². The number of hydrogen-bond acceptors (Lipinski definition) is 4. The highest BCUT2D eigenvalue weighted by atomic mass is 79.9. The van der Waals surface area contributed by atoms with Gasteiger partial charge < -0.3 is 19.5 Å². The van der Waals surface area contributed by atoms with Crippen LogP contribution in [-0.4, -0.2) is 27.4 Å². The third-order valence-corrected chi connectivity index (χ3v) is 4.47. The van der Waals surface area contributed by atoms with Crippen molar-refractivity contribution in [2.75, 3.05) is 27.4 Å². The molecule has 0 aliphatic rings. The Morgan fingerprint density at radius 3 is 2.54 bits per heavy atom. The molecule has 0 atom stereocenters. The van der Waals surface area contributed by atoms with Crippen LogP contribution in [0.4, 0.5) is 0 Å². The van der Waals surface area contributed by atoms with Gasteiger partial charge in [0.05, 0.1) is 11.6 Å². The lowest BCUT2D eigenvalue weighted by Gasteiger charge is -2.16. The van der Waals surface area contributed by atoms with E-state index in [9.17, 15) is 0 Å². The van der Waals surface area contributed by atoms with Crippen molar-refractivity contribution in [3.63, 3.8) is 0 Å². The van der Waals surface area contributed by atoms with E-state index < -0.39 is 0 Å². The predicted octanol–water partition coefficient (Wildman–Crippen LogP) is 4.16. The minimum Gasteiger partial charge on any atom is -0.493 e. The van der Waals surface area contributed by atoms with Gasteiger partial charge in [0.2, 0.25) is 0 Å². The second kappa shape index (κ2) is 10.3. The van der Waals surface area contributed by atoms with Crippen LogP contribution in [-0.2, 0) is 17.9 Å². The molecule has 0 saturated heterocycles. The fourth-order valence-corrected chi connectivity index (χ4v) is 2.89. The molecule has 0 amide bonds. The number of methoxy groups -OCH3 is 2. The van der Waals surface area contributed by atoms with E-state index in [1.54, 1.807) is 14.2 Å². The second-order valence-corrected chi connectivity index (χ2v) is 6.16. The molecule has 2 rings (SSSR count). The van der Waals surface area contributed by atoms with Gasteiger partial charge in [-0.1, -0.05) is 36.4 Å². The highest BCUT2D eigenvalue weighted by Crippen LogP contribution is 2.38. The van der Waals surface area contributed by atoms with Gasteiger partial charge in [0.25, 0.3) is 0 Å². The summed E-state index contributed by atoms with van der Waals surface area (Å²) in [5, 5.41) is 3.41. The molecule has 2 aromatic carbocycles. The molecule has 5 heteroatoms. The maximum Gasteiger partial charge on any atom is 0.176 e. The van der Waals surface area contributed by atoms with Gasteiger partial charge >= 0.3 is 0 Å². The van der Waals surface area contributed by atoms with E-state index >= 15 is 0 Å². The Bertz CT molecular complexity index is 620. The summed E-state index contributed by atoms with van der Waals surface area (Å²) in [6.07, 6.45) is 0.988. The molecule has 0 heterocycles. The fourth-order valence-electron chi connectivity index (χ4n) is 2.31. The van der Waals surface area contributed by atoms with Crippen LogP contribution in [0.3, 0.4) is 0 Å². The third-order valence-electron chi connectivity index (χ3n) is 3.60. The van der Waals surface area contributed by atoms with Crippen molar-refractivity contribution in [3.05, 3.63) is 58.1 Å². The molecule has 24 heavy (non-hydrogen) atoms. The van der Waals surface area contributed by atoms with E-state index in [-0.39, 0.29) is 0 Å². The van der Waals surface area contributed by atoms with Crippen LogP contribution in [0.25, 0.3) is 0 Å². The SMILES string of the molecule is COCCCNCc1ccc(OC)c(OCc2ccccc2)c1Br. The molecular weight excluding hydrogens is 370 g/mol. The highest BCUT2D eigenvalue weighted by Gasteiger charge is 2.13. The van der Waals surface area contributed by atoms with Gasteiger partial charge in [-0.3, -0.25) is 0 Å². The zero-order chi connectivity index (χ0) is 17.2. The lowest BCUT2D eigenvalue weighted by atomic mass is 10.2. The quantitative estimate of drug-likeness (QED) is 0.615. The molecule has 2 aromatic rings. The summed E-state index contributed by atoms with van der Waals surface area (Å²) in [7, 11) is 3.37. The van der Waals surface area contributed by atoms with E-state index in [0.717, 1.165) is 53.2 Å². The van der Waals surface area contributed by atoms with Crippen LogP contribution >= 0.6 is 15.9 Å². The van der Waals surface area contributed by atoms with E-state index in [4.69, 9.17) is 14.2 Å². The maximum absolute atomic E-state index is 6.01. The van der Waals surface area contributed by atoms with Gasteiger partial charge in [-0.05, 0) is 46.1 Å². The Hall–Kier alpha value is -1.56. The van der Waals surface area contributed by atoms with Crippen molar-refractivity contribution in [2.45, 2.75) is 19.6 Å². The van der Waals surface area contributed by atoms with Gasteiger partial charge in [-0.2, -0.15) is 0 Å². The van der Waals surface area contributed by atoms with Crippen molar-refractivity contribution >= 4 is 15.9 Å². The van der Waals surface area contributed by atoms with Crippen LogP contribution in [0, 0.1) is 0 Å². The average Bonchev–Trinajstić information content (AvgIpc) is 2.62. The monoisotopic (exact) mass is 393 g/mol. The number of ether oxygens (including phenoxy) is 3. The molecule has 4 nitrogen and oxygen atoms in total. The number of hydrogen-bond donors (Lipinski definition) is 1. The predicted molar refractivity (Wildman–Crippen MR) is 99.7 cm³/mol. The number of halogens is 1. The summed E-state index contributed by atoms with van der Waals surface area (Å²) in [6.45, 7) is 2.94. The van der Waals surface area contributed by atoms with Gasteiger partial charge in [0, 0.05) is 20.3 Å². The minimum absolute atomic E-state index is 0.501. The van der Waals surface area contributed by atoms with Crippen molar-refractivity contribution in [2.24, 2.45) is 0 Å². The van der Waals surface area contributed by atoms with Crippen LogP contribution in [0.5, 0.6) is 11.5 Å². The van der Waals surface area contributed by atoms with Crippen LogP contribution in [0.1, 0.15) is 17.5 Å². The highest BCUT2D eigenvalue weighted by molar-refractivity contribution is 9.10. The molecule has 0 spiro atoms. The third kappa shape index (κ3) is 5.51. The number of nitrogens with one attached hydrogen (secondary N) is 1. The largest absolute Gasteiger partial charge is 0.493 e. The van der Waals surface area contributed by atoms with E-state index in [1.165, 1.54) is 0 Å². The summed E-state index contributed by atoms with van der Waals surface area (Å²) >= 11 is 3.66. The molecule has 0 saturated carbocycles. The standard InChI is InChI=1S/C19H24BrNO3/c1-22-12-6-11-21-13-16-9-10-17(23-2)19(18(16)20)24-14-15-7-4-3-5-8-15/h3-5,7-10,21H,6,11-14H2,1-2H3. The fraction of sp³-hybridized carbons (Fsp3) is 0.368. The van der Waals surface area contributed by atoms with Gasteiger partial charge in [-0.25, -0.2) is 0 Å². The summed E-state index contributed by atoms with van der Waals surface area (Å²) in [5.41, 5.74) is 2.26. The molecule has 0 unspecified atom stereocenters. The molecular formula is C19H24BrNO3. The van der Waals surface area contributed by atoms with Crippen molar-refractivity contribution in [3.8, 4) is 11.5 Å². The summed E-state index contributed by atoms with van der Waals surface area (Å²) in [5.74, 6) is 1.46. The first kappa shape index (κ1) is 18.8. The summed E-state index contributed by atoms with van der Waals surface area (Å²) in [6, 6.07) is 14.1. The zero-order valence-electron chi connectivity index (χ0n) is 14.2. The first-order valence-corrected chi connectivity index (χ1v) is 8.77. The second-order valence-electron chi connectivity index (χ2n) is 5.37. The van der Waals surface area contributed by atoms with Gasteiger partial charge in [0.15, 0.2) is 11.5 Å². The maximum atomic E-state index is 6.01. The van der Waals surface area contributed by atoms with Crippen LogP contribution in [0.15, 0.2) is 46.9 Å². The van der Waals surface area contributed by atoms with E-state index in [2.05, 4.69) is 21.2 Å². The minimum atomic E-state index is 0.501. The van der Waals surface area contributed by atoms with E-state index in [1.807, 2.05) is 42.5 Å². The Labute approximate surface area is 152 Å². The molecule has 0 aromatic heterocycles. The molecule has 0 fully saturated rings. The van der Waals surface area contributed by atoms with Crippen LogP contribution in [0.2, 0.25) is 0 Å². The van der Waals surface area contributed by atoms with Gasteiger partial charge in [-0.15, -0.1) is 0 Å². The summed E-state index contributed by atoms with van der Waals surface area (Å²) in [4.78, 5) is 0. The molecule has 0 radical (unpaired) electrons. The zero-order valence-corrected chi connectivity index (χ0v) is 15.8. The van der Waals surface area contributed by atoms with Crippen molar-refractivity contribution in [1.29, 1.82) is 0 Å². The Morgan fingerprint density at radius 2 is 1.83 bits per heavy atom. The number of rotatable bonds is 10. The first-order valence-electron chi connectivity index (χ1n) is 7.98. The molecule has 0 aliphatic heterocycles. The Kier molecular flexibility index (Phi) is 8.08. The molecule has 0 aliphatic carbocycles. The number of benzene rings is 2.